The van der Waals surface area contributed by atoms with E-state index >= 15 is 0 Å². The largest absolute Gasteiger partial charge is 0.436 e. The summed E-state index contributed by atoms with van der Waals surface area (Å²) in [7, 11) is 1.69. The lowest BCUT2D eigenvalue weighted by molar-refractivity contribution is -0.125. The van der Waals surface area contributed by atoms with E-state index in [-0.39, 0.29) is 17.7 Å². The summed E-state index contributed by atoms with van der Waals surface area (Å²) >= 11 is 0. The van der Waals surface area contributed by atoms with Crippen LogP contribution in [0.2, 0.25) is 0 Å². The van der Waals surface area contributed by atoms with Gasteiger partial charge in [0.25, 0.3) is 5.88 Å². The fourth-order valence-corrected chi connectivity index (χ4v) is 2.42. The lowest BCUT2D eigenvalue weighted by atomic mass is 10.2. The van der Waals surface area contributed by atoms with Crippen LogP contribution >= 0.6 is 0 Å². The van der Waals surface area contributed by atoms with Crippen molar-refractivity contribution >= 4 is 17.5 Å². The summed E-state index contributed by atoms with van der Waals surface area (Å²) < 4.78 is 19.6. The van der Waals surface area contributed by atoms with Crippen LogP contribution in [-0.2, 0) is 11.3 Å². The molecule has 0 aliphatic rings. The minimum atomic E-state index is -0.668. The highest BCUT2D eigenvalue weighted by Gasteiger charge is 2.11. The van der Waals surface area contributed by atoms with Crippen LogP contribution in [0.1, 0.15) is 5.56 Å². The number of carbonyl (C=O) groups excluding carboxylic acids is 1. The summed E-state index contributed by atoms with van der Waals surface area (Å²) in [5.41, 5.74) is 1.68. The topological polar surface area (TPSA) is 67.4 Å². The molecular weight excluding hydrogens is 359 g/mol. The number of hydrogen-bond donors (Lipinski definition) is 1. The number of amides is 1. The Bertz CT molecular complexity index is 962. The maximum Gasteiger partial charge on any atom is 0.260 e. The van der Waals surface area contributed by atoms with Crippen molar-refractivity contribution in [3.05, 3.63) is 84.8 Å². The van der Waals surface area contributed by atoms with E-state index in [2.05, 4.69) is 21.9 Å². The fraction of sp³-hybridized carbons (Fsp3) is 0.0952. The lowest BCUT2D eigenvalue weighted by Crippen LogP contribution is -2.23. The summed E-state index contributed by atoms with van der Waals surface area (Å²) in [5.74, 6) is -0.366. The zero-order valence-corrected chi connectivity index (χ0v) is 15.3. The summed E-state index contributed by atoms with van der Waals surface area (Å²) in [6.45, 7) is 3.89. The number of rotatable bonds is 7. The van der Waals surface area contributed by atoms with Gasteiger partial charge in [0.05, 0.1) is 6.20 Å². The summed E-state index contributed by atoms with van der Waals surface area (Å²) in [5, 5.41) is 2.99. The molecule has 1 heterocycles. The molecular formula is C21H19FN4O2. The molecule has 0 bridgehead atoms. The molecule has 1 amide bonds. The number of nitrogens with zero attached hydrogens (tertiary/aromatic N) is 3. The van der Waals surface area contributed by atoms with Gasteiger partial charge in [-0.05, 0) is 35.9 Å². The number of nitrogens with one attached hydrogen (secondary N) is 1. The first kappa shape index (κ1) is 19.0. The third kappa shape index (κ3) is 4.91. The highest BCUT2D eigenvalue weighted by molar-refractivity contribution is 5.86. The Morgan fingerprint density at radius 1 is 1.21 bits per heavy atom. The van der Waals surface area contributed by atoms with E-state index in [4.69, 9.17) is 4.74 Å². The van der Waals surface area contributed by atoms with Crippen molar-refractivity contribution in [2.45, 2.75) is 6.54 Å². The molecule has 1 N–H and O–H groups in total. The molecule has 0 saturated carbocycles. The minimum absolute atomic E-state index is 0.165. The summed E-state index contributed by atoms with van der Waals surface area (Å²) in [6.07, 6.45) is 2.31. The van der Waals surface area contributed by atoms with Crippen molar-refractivity contribution in [1.29, 1.82) is 0 Å². The Labute approximate surface area is 162 Å². The lowest BCUT2D eigenvalue weighted by Gasteiger charge is -2.15. The summed E-state index contributed by atoms with van der Waals surface area (Å²) in [4.78, 5) is 21.1. The fourth-order valence-electron chi connectivity index (χ4n) is 2.42. The first-order chi connectivity index (χ1) is 13.5. The normalized spacial score (nSPS) is 10.2. The Balaban J connectivity index is 1.70. The minimum Gasteiger partial charge on any atom is -0.436 e. The van der Waals surface area contributed by atoms with E-state index in [9.17, 15) is 9.18 Å². The van der Waals surface area contributed by atoms with E-state index < -0.39 is 5.82 Å². The van der Waals surface area contributed by atoms with E-state index in [0.717, 1.165) is 17.4 Å². The van der Waals surface area contributed by atoms with Gasteiger partial charge >= 0.3 is 0 Å². The van der Waals surface area contributed by atoms with E-state index in [1.165, 1.54) is 11.0 Å². The van der Waals surface area contributed by atoms with Crippen LogP contribution in [0.4, 0.5) is 16.0 Å². The second-order valence-corrected chi connectivity index (χ2v) is 5.98. The van der Waals surface area contributed by atoms with Gasteiger partial charge < -0.3 is 15.0 Å². The van der Waals surface area contributed by atoms with Crippen LogP contribution < -0.4 is 10.1 Å². The van der Waals surface area contributed by atoms with Gasteiger partial charge in [-0.1, -0.05) is 36.9 Å². The number of anilines is 2. The molecule has 0 radical (unpaired) electrons. The zero-order chi connectivity index (χ0) is 19.9. The number of aromatic nitrogens is 2. The molecule has 0 atom stereocenters. The van der Waals surface area contributed by atoms with Gasteiger partial charge in [0.1, 0.15) is 5.75 Å². The van der Waals surface area contributed by atoms with E-state index in [1.54, 1.807) is 31.3 Å². The number of benzene rings is 2. The Morgan fingerprint density at radius 2 is 1.93 bits per heavy atom. The van der Waals surface area contributed by atoms with Crippen molar-refractivity contribution in [1.82, 2.24) is 14.9 Å². The maximum atomic E-state index is 14.0. The maximum absolute atomic E-state index is 14.0. The molecule has 0 fully saturated rings. The molecule has 0 unspecified atom stereocenters. The Morgan fingerprint density at radius 3 is 2.61 bits per heavy atom. The third-order valence-electron chi connectivity index (χ3n) is 3.85. The van der Waals surface area contributed by atoms with E-state index in [0.29, 0.717) is 12.3 Å². The van der Waals surface area contributed by atoms with E-state index in [1.807, 2.05) is 30.3 Å². The predicted octanol–water partition coefficient (Wildman–Crippen LogP) is 4.30. The van der Waals surface area contributed by atoms with Gasteiger partial charge in [0.15, 0.2) is 0 Å². The third-order valence-corrected chi connectivity index (χ3v) is 3.85. The zero-order valence-electron chi connectivity index (χ0n) is 15.3. The quantitative estimate of drug-likeness (QED) is 0.621. The van der Waals surface area contributed by atoms with Crippen LogP contribution in [0.5, 0.6) is 11.6 Å². The molecule has 3 aromatic rings. The number of hydrogen-bond acceptors (Lipinski definition) is 5. The molecule has 142 valence electrons. The molecule has 0 aliphatic heterocycles. The molecule has 2 aromatic carbocycles. The second kappa shape index (κ2) is 8.77. The number of carbonyl (C=O) groups is 1. The van der Waals surface area contributed by atoms with Crippen molar-refractivity contribution in [3.63, 3.8) is 0 Å². The van der Waals surface area contributed by atoms with Crippen molar-refractivity contribution < 1.29 is 13.9 Å². The Kier molecular flexibility index (Phi) is 5.96. The monoisotopic (exact) mass is 378 g/mol. The smallest absolute Gasteiger partial charge is 0.260 e. The van der Waals surface area contributed by atoms with Crippen LogP contribution in [-0.4, -0.2) is 27.8 Å². The number of likely N-dealkylation sites (N-methyl/N-ethyl adjacent to an activating group) is 1. The molecule has 0 aliphatic carbocycles. The van der Waals surface area contributed by atoms with Crippen molar-refractivity contribution in [3.8, 4) is 11.6 Å². The van der Waals surface area contributed by atoms with Gasteiger partial charge in [-0.3, -0.25) is 4.79 Å². The number of halogens is 1. The predicted molar refractivity (Wildman–Crippen MR) is 105 cm³/mol. The van der Waals surface area contributed by atoms with Gasteiger partial charge in [0.2, 0.25) is 17.7 Å². The second-order valence-electron chi connectivity index (χ2n) is 5.98. The SMILES string of the molecule is C=CC(=O)N(C)Cc1ccc(Oc2nc(Nc3ccccc3)ncc2F)cc1. The first-order valence-electron chi connectivity index (χ1n) is 8.54. The first-order valence-corrected chi connectivity index (χ1v) is 8.54. The van der Waals surface area contributed by atoms with Crippen LogP contribution in [0, 0.1) is 5.82 Å². The highest BCUT2D eigenvalue weighted by atomic mass is 19.1. The average molecular weight is 378 g/mol. The standard InChI is InChI=1S/C21H19FN4O2/c1-3-19(27)26(2)14-15-9-11-17(12-10-15)28-20-18(22)13-23-21(25-20)24-16-7-5-4-6-8-16/h3-13H,1,14H2,2H3,(H,23,24,25). The van der Waals surface area contributed by atoms with Gasteiger partial charge in [-0.2, -0.15) is 9.37 Å². The Hall–Kier alpha value is -3.74. The van der Waals surface area contributed by atoms with Gasteiger partial charge in [-0.15, -0.1) is 0 Å². The molecule has 3 rings (SSSR count). The van der Waals surface area contributed by atoms with Crippen LogP contribution in [0.3, 0.4) is 0 Å². The molecule has 1 aromatic heterocycles. The highest BCUT2D eigenvalue weighted by Crippen LogP contribution is 2.24. The molecule has 0 spiro atoms. The van der Waals surface area contributed by atoms with Gasteiger partial charge in [0, 0.05) is 19.3 Å². The molecule has 28 heavy (non-hydrogen) atoms. The van der Waals surface area contributed by atoms with Crippen LogP contribution in [0.25, 0.3) is 0 Å². The van der Waals surface area contributed by atoms with Crippen LogP contribution in [0.15, 0.2) is 73.4 Å². The van der Waals surface area contributed by atoms with Crippen molar-refractivity contribution in [2.24, 2.45) is 0 Å². The summed E-state index contributed by atoms with van der Waals surface area (Å²) in [6, 6.07) is 16.3. The molecule has 6 nitrogen and oxygen atoms in total. The van der Waals surface area contributed by atoms with Crippen molar-refractivity contribution in [2.75, 3.05) is 12.4 Å². The van der Waals surface area contributed by atoms with Gasteiger partial charge in [-0.25, -0.2) is 4.98 Å². The average Bonchev–Trinajstić information content (AvgIpc) is 2.72. The number of para-hydroxylation sites is 1. The number of ether oxygens (including phenoxy) is 1. The molecule has 0 saturated heterocycles. The molecule has 7 heteroatoms.